The van der Waals surface area contributed by atoms with Gasteiger partial charge in [-0.25, -0.2) is 13.4 Å². The maximum absolute atomic E-state index is 12.5. The van der Waals surface area contributed by atoms with Crippen LogP contribution in [0.3, 0.4) is 0 Å². The van der Waals surface area contributed by atoms with Crippen LogP contribution in [0.15, 0.2) is 44.3 Å². The van der Waals surface area contributed by atoms with Gasteiger partial charge in [0.1, 0.15) is 5.52 Å². The number of hydrogen-bond donors (Lipinski definition) is 1. The molecule has 1 amide bonds. The van der Waals surface area contributed by atoms with Gasteiger partial charge in [-0.2, -0.15) is 0 Å². The number of aromatic nitrogens is 1. The summed E-state index contributed by atoms with van der Waals surface area (Å²) in [6, 6.07) is 8.34. The van der Waals surface area contributed by atoms with Crippen LogP contribution in [0.2, 0.25) is 5.02 Å². The van der Waals surface area contributed by atoms with Crippen molar-refractivity contribution < 1.29 is 22.0 Å². The standard InChI is InChI=1S/C22H21ClN2O5S/c23-13-1-4-17-16(7-13)25-21(30-17)12-8-22(9-12)10-14(11-22)24-20(26)18-5-6-19(29-18)31(27,28)15-2-3-15/h1,4-7,12,14-15H,2-3,8-11H2,(H,24,26). The van der Waals surface area contributed by atoms with E-state index in [1.54, 1.807) is 6.07 Å². The van der Waals surface area contributed by atoms with E-state index in [0.29, 0.717) is 23.8 Å². The molecular weight excluding hydrogens is 440 g/mol. The summed E-state index contributed by atoms with van der Waals surface area (Å²) < 4.78 is 35.7. The van der Waals surface area contributed by atoms with Gasteiger partial charge in [-0.3, -0.25) is 4.79 Å². The van der Waals surface area contributed by atoms with E-state index in [0.717, 1.165) is 42.7 Å². The third kappa shape index (κ3) is 3.27. The lowest BCUT2D eigenvalue weighted by atomic mass is 9.50. The summed E-state index contributed by atoms with van der Waals surface area (Å²) >= 11 is 6.02. The minimum atomic E-state index is -3.43. The third-order valence-corrected chi connectivity index (χ3v) is 9.18. The lowest BCUT2D eigenvalue weighted by Gasteiger charge is -2.57. The summed E-state index contributed by atoms with van der Waals surface area (Å²) in [4.78, 5) is 17.1. The largest absolute Gasteiger partial charge is 0.440 e. The molecular formula is C22H21ClN2O5S. The van der Waals surface area contributed by atoms with E-state index in [4.69, 9.17) is 20.4 Å². The normalized spacial score (nSPS) is 27.8. The predicted molar refractivity (Wildman–Crippen MR) is 113 cm³/mol. The van der Waals surface area contributed by atoms with Gasteiger partial charge in [-0.05, 0) is 74.3 Å². The minimum Gasteiger partial charge on any atom is -0.440 e. The number of fused-ring (bicyclic) bond motifs is 1. The molecule has 3 aromatic rings. The molecule has 2 aromatic heterocycles. The number of nitrogens with one attached hydrogen (secondary N) is 1. The van der Waals surface area contributed by atoms with E-state index in [1.807, 2.05) is 12.1 Å². The van der Waals surface area contributed by atoms with Crippen molar-refractivity contribution in [2.24, 2.45) is 5.41 Å². The zero-order valence-electron chi connectivity index (χ0n) is 16.6. The molecule has 1 aromatic carbocycles. The summed E-state index contributed by atoms with van der Waals surface area (Å²) in [5.41, 5.74) is 1.76. The van der Waals surface area contributed by atoms with E-state index >= 15 is 0 Å². The molecule has 0 bridgehead atoms. The van der Waals surface area contributed by atoms with Crippen molar-refractivity contribution in [3.05, 3.63) is 47.0 Å². The number of halogens is 1. The second-order valence-corrected chi connectivity index (χ2v) is 11.8. The SMILES string of the molecule is O=C(NC1CC2(C1)CC(c1nc3cc(Cl)ccc3o1)C2)c1ccc(S(=O)(=O)C2CC2)o1. The Bertz CT molecular complexity index is 1290. The fraction of sp³-hybridized carbons (Fsp3) is 0.455. The van der Waals surface area contributed by atoms with Crippen molar-refractivity contribution in [3.63, 3.8) is 0 Å². The van der Waals surface area contributed by atoms with Gasteiger partial charge in [0.05, 0.1) is 5.25 Å². The monoisotopic (exact) mass is 460 g/mol. The highest BCUT2D eigenvalue weighted by atomic mass is 35.5. The number of oxazole rings is 1. The number of furan rings is 1. The molecule has 162 valence electrons. The smallest absolute Gasteiger partial charge is 0.287 e. The van der Waals surface area contributed by atoms with E-state index in [2.05, 4.69) is 10.3 Å². The first-order valence-corrected chi connectivity index (χ1v) is 12.4. The van der Waals surface area contributed by atoms with E-state index < -0.39 is 9.84 Å². The average Bonchev–Trinajstić information content (AvgIpc) is 3.27. The Morgan fingerprint density at radius 2 is 1.87 bits per heavy atom. The fourth-order valence-electron chi connectivity index (χ4n) is 5.07. The van der Waals surface area contributed by atoms with Gasteiger partial charge < -0.3 is 14.2 Å². The van der Waals surface area contributed by atoms with Gasteiger partial charge in [-0.1, -0.05) is 11.6 Å². The van der Waals surface area contributed by atoms with Crippen LogP contribution in [0.25, 0.3) is 11.1 Å². The molecule has 3 fully saturated rings. The highest BCUT2D eigenvalue weighted by Crippen LogP contribution is 2.61. The lowest BCUT2D eigenvalue weighted by molar-refractivity contribution is -0.0256. The van der Waals surface area contributed by atoms with Crippen molar-refractivity contribution >= 4 is 38.4 Å². The van der Waals surface area contributed by atoms with Crippen LogP contribution in [0.5, 0.6) is 0 Å². The Morgan fingerprint density at radius 1 is 1.10 bits per heavy atom. The third-order valence-electron chi connectivity index (χ3n) is 6.82. The number of amides is 1. The molecule has 0 saturated heterocycles. The number of rotatable bonds is 5. The van der Waals surface area contributed by atoms with Crippen LogP contribution in [-0.2, 0) is 9.84 Å². The highest BCUT2D eigenvalue weighted by Gasteiger charge is 2.54. The Balaban J connectivity index is 1.04. The molecule has 3 aliphatic rings. The van der Waals surface area contributed by atoms with Crippen molar-refractivity contribution in [1.82, 2.24) is 10.3 Å². The predicted octanol–water partition coefficient (Wildman–Crippen LogP) is 4.47. The van der Waals surface area contributed by atoms with Gasteiger partial charge in [-0.15, -0.1) is 0 Å². The summed E-state index contributed by atoms with van der Waals surface area (Å²) in [6.45, 7) is 0. The zero-order chi connectivity index (χ0) is 21.4. The van der Waals surface area contributed by atoms with Crippen molar-refractivity contribution in [3.8, 4) is 0 Å². The van der Waals surface area contributed by atoms with Gasteiger partial charge in [0, 0.05) is 17.0 Å². The van der Waals surface area contributed by atoms with Crippen LogP contribution < -0.4 is 5.32 Å². The first-order chi connectivity index (χ1) is 14.8. The van der Waals surface area contributed by atoms with Crippen LogP contribution in [0.1, 0.15) is 60.9 Å². The van der Waals surface area contributed by atoms with E-state index in [-0.39, 0.29) is 33.5 Å². The quantitative estimate of drug-likeness (QED) is 0.602. The first kappa shape index (κ1) is 19.4. The molecule has 0 unspecified atom stereocenters. The van der Waals surface area contributed by atoms with Crippen LogP contribution in [-0.4, -0.2) is 30.6 Å². The number of carbonyl (C=O) groups excluding carboxylic acids is 1. The maximum atomic E-state index is 12.5. The second kappa shape index (κ2) is 6.59. The van der Waals surface area contributed by atoms with Crippen LogP contribution in [0.4, 0.5) is 0 Å². The maximum Gasteiger partial charge on any atom is 0.287 e. The van der Waals surface area contributed by atoms with Crippen molar-refractivity contribution in [1.29, 1.82) is 0 Å². The van der Waals surface area contributed by atoms with Gasteiger partial charge in [0.25, 0.3) is 5.91 Å². The van der Waals surface area contributed by atoms with Crippen LogP contribution >= 0.6 is 11.6 Å². The van der Waals surface area contributed by atoms with E-state index in [9.17, 15) is 13.2 Å². The molecule has 9 heteroatoms. The number of benzene rings is 1. The fourth-order valence-corrected chi connectivity index (χ4v) is 6.78. The Hall–Kier alpha value is -2.32. The summed E-state index contributed by atoms with van der Waals surface area (Å²) in [5, 5.41) is 3.15. The summed E-state index contributed by atoms with van der Waals surface area (Å²) in [5.74, 6) is 0.749. The van der Waals surface area contributed by atoms with Gasteiger partial charge in [0.2, 0.25) is 14.9 Å². The Morgan fingerprint density at radius 3 is 2.61 bits per heavy atom. The van der Waals surface area contributed by atoms with Crippen LogP contribution in [0, 0.1) is 5.41 Å². The van der Waals surface area contributed by atoms with Gasteiger partial charge >= 0.3 is 0 Å². The number of carbonyl (C=O) groups is 1. The van der Waals surface area contributed by atoms with Crippen molar-refractivity contribution in [2.45, 2.75) is 60.8 Å². The zero-order valence-corrected chi connectivity index (χ0v) is 18.2. The molecule has 1 N–H and O–H groups in total. The molecule has 3 aliphatic carbocycles. The number of hydrogen-bond acceptors (Lipinski definition) is 6. The Labute approximate surface area is 184 Å². The molecule has 2 heterocycles. The van der Waals surface area contributed by atoms with Gasteiger partial charge in [0.15, 0.2) is 17.2 Å². The molecule has 0 aliphatic heterocycles. The number of nitrogens with zero attached hydrogens (tertiary/aromatic N) is 1. The molecule has 3 saturated carbocycles. The molecule has 6 rings (SSSR count). The topological polar surface area (TPSA) is 102 Å². The number of sulfone groups is 1. The van der Waals surface area contributed by atoms with E-state index in [1.165, 1.54) is 12.1 Å². The minimum absolute atomic E-state index is 0.0526. The molecule has 31 heavy (non-hydrogen) atoms. The molecule has 0 radical (unpaired) electrons. The summed E-state index contributed by atoms with van der Waals surface area (Å²) in [7, 11) is -3.43. The first-order valence-electron chi connectivity index (χ1n) is 10.5. The second-order valence-electron chi connectivity index (χ2n) is 9.21. The highest BCUT2D eigenvalue weighted by molar-refractivity contribution is 7.92. The van der Waals surface area contributed by atoms with Crippen molar-refractivity contribution in [2.75, 3.05) is 0 Å². The average molecular weight is 461 g/mol. The molecule has 7 nitrogen and oxygen atoms in total. The molecule has 0 atom stereocenters. The lowest BCUT2D eigenvalue weighted by Crippen LogP contribution is -2.55. The summed E-state index contributed by atoms with van der Waals surface area (Å²) in [6.07, 6.45) is 5.10. The Kier molecular flexibility index (Phi) is 4.12. The molecule has 1 spiro atoms.